The van der Waals surface area contributed by atoms with Crippen LogP contribution in [0.2, 0.25) is 0 Å². The number of rotatable bonds is 6. The summed E-state index contributed by atoms with van der Waals surface area (Å²) in [5.41, 5.74) is 0.818. The van der Waals surface area contributed by atoms with Crippen LogP contribution in [-0.2, 0) is 20.9 Å². The fourth-order valence-corrected chi connectivity index (χ4v) is 1.23. The lowest BCUT2D eigenvalue weighted by Crippen LogP contribution is -2.10. The summed E-state index contributed by atoms with van der Waals surface area (Å²) in [6.45, 7) is 2.07. The normalized spacial score (nSPS) is 9.81. The lowest BCUT2D eigenvalue weighted by molar-refractivity contribution is -0.147. The zero-order valence-corrected chi connectivity index (χ0v) is 9.31. The topological polar surface area (TPSA) is 56.3 Å². The highest BCUT2D eigenvalue weighted by Gasteiger charge is 2.09. The summed E-state index contributed by atoms with van der Waals surface area (Å²) in [5.74, 6) is -0.541. The monoisotopic (exact) mass is 221 g/mol. The minimum atomic E-state index is -0.470. The summed E-state index contributed by atoms with van der Waals surface area (Å²) < 4.78 is 4.95. The van der Waals surface area contributed by atoms with Gasteiger partial charge in [0.1, 0.15) is 18.8 Å². The summed E-state index contributed by atoms with van der Waals surface area (Å²) in [6.07, 6.45) is 4.34. The molecule has 4 heteroatoms. The average molecular weight is 221 g/mol. The molecule has 0 fully saturated rings. The van der Waals surface area contributed by atoms with Crippen molar-refractivity contribution in [2.45, 2.75) is 32.8 Å². The lowest BCUT2D eigenvalue weighted by atomic mass is 10.2. The Morgan fingerprint density at radius 3 is 2.88 bits per heavy atom. The van der Waals surface area contributed by atoms with Gasteiger partial charge in [-0.25, -0.2) is 0 Å². The summed E-state index contributed by atoms with van der Waals surface area (Å²) in [6, 6.07) is 3.58. The highest BCUT2D eigenvalue weighted by molar-refractivity contribution is 5.95. The number of ether oxygens (including phenoxy) is 1. The van der Waals surface area contributed by atoms with Gasteiger partial charge < -0.3 is 4.74 Å². The van der Waals surface area contributed by atoms with Crippen LogP contribution in [0.3, 0.4) is 0 Å². The molecule has 0 unspecified atom stereocenters. The van der Waals surface area contributed by atoms with Crippen molar-refractivity contribution in [3.63, 3.8) is 0 Å². The van der Waals surface area contributed by atoms with Crippen LogP contribution in [0.4, 0.5) is 0 Å². The van der Waals surface area contributed by atoms with Crippen LogP contribution < -0.4 is 0 Å². The van der Waals surface area contributed by atoms with Gasteiger partial charge in [-0.3, -0.25) is 14.6 Å². The summed E-state index contributed by atoms with van der Waals surface area (Å²) in [4.78, 5) is 26.3. The smallest absolute Gasteiger partial charge is 0.313 e. The highest BCUT2D eigenvalue weighted by atomic mass is 16.5. The Labute approximate surface area is 94.6 Å². The Bertz CT molecular complexity index is 349. The second-order valence-electron chi connectivity index (χ2n) is 3.49. The molecular formula is C12H15NO3. The number of aromatic nitrogens is 1. The van der Waals surface area contributed by atoms with E-state index in [0.717, 1.165) is 12.0 Å². The number of carbonyl (C=O) groups excluding carboxylic acids is 2. The molecule has 1 aromatic rings. The maximum atomic E-state index is 11.2. The number of hydrogen-bond acceptors (Lipinski definition) is 4. The van der Waals surface area contributed by atoms with Crippen LogP contribution >= 0.6 is 0 Å². The molecule has 4 nitrogen and oxygen atoms in total. The maximum absolute atomic E-state index is 11.2. The van der Waals surface area contributed by atoms with Gasteiger partial charge >= 0.3 is 5.97 Å². The molecule has 0 radical (unpaired) electrons. The molecule has 0 aliphatic heterocycles. The van der Waals surface area contributed by atoms with Crippen molar-refractivity contribution in [2.75, 3.05) is 0 Å². The quantitative estimate of drug-likeness (QED) is 0.543. The van der Waals surface area contributed by atoms with E-state index in [2.05, 4.69) is 4.98 Å². The third-order valence-electron chi connectivity index (χ3n) is 1.99. The molecule has 0 amide bonds. The van der Waals surface area contributed by atoms with Crippen LogP contribution in [0, 0.1) is 0 Å². The molecule has 0 atom stereocenters. The van der Waals surface area contributed by atoms with Crippen molar-refractivity contribution in [2.24, 2.45) is 0 Å². The van der Waals surface area contributed by atoms with Crippen molar-refractivity contribution in [1.29, 1.82) is 0 Å². The van der Waals surface area contributed by atoms with E-state index in [1.165, 1.54) is 0 Å². The minimum Gasteiger partial charge on any atom is -0.460 e. The maximum Gasteiger partial charge on any atom is 0.313 e. The molecule has 1 aromatic heterocycles. The second-order valence-corrected chi connectivity index (χ2v) is 3.49. The SMILES string of the molecule is CCCC(=O)CC(=O)OCc1cccnc1. The molecule has 0 aliphatic carbocycles. The Morgan fingerprint density at radius 1 is 1.44 bits per heavy atom. The number of pyridine rings is 1. The molecule has 0 spiro atoms. The number of Topliss-reactive ketones (excluding diaryl/α,β-unsaturated/α-hetero) is 1. The Morgan fingerprint density at radius 2 is 2.25 bits per heavy atom. The number of carbonyl (C=O) groups is 2. The summed E-state index contributed by atoms with van der Waals surface area (Å²) in [7, 11) is 0. The first-order valence-electron chi connectivity index (χ1n) is 5.28. The van der Waals surface area contributed by atoms with Crippen molar-refractivity contribution in [3.8, 4) is 0 Å². The summed E-state index contributed by atoms with van der Waals surface area (Å²) in [5, 5.41) is 0. The highest BCUT2D eigenvalue weighted by Crippen LogP contribution is 2.01. The van der Waals surface area contributed by atoms with Crippen molar-refractivity contribution >= 4 is 11.8 Å². The van der Waals surface area contributed by atoms with Gasteiger partial charge in [-0.2, -0.15) is 0 Å². The first kappa shape index (κ1) is 12.4. The third kappa shape index (κ3) is 4.68. The Kier molecular flexibility index (Phi) is 5.19. The number of hydrogen-bond donors (Lipinski definition) is 0. The number of ketones is 1. The van der Waals surface area contributed by atoms with Crippen molar-refractivity contribution < 1.29 is 14.3 Å². The van der Waals surface area contributed by atoms with Crippen LogP contribution in [-0.4, -0.2) is 16.7 Å². The van der Waals surface area contributed by atoms with E-state index >= 15 is 0 Å². The van der Waals surface area contributed by atoms with E-state index < -0.39 is 5.97 Å². The van der Waals surface area contributed by atoms with Crippen LogP contribution in [0.1, 0.15) is 31.7 Å². The fraction of sp³-hybridized carbons (Fsp3) is 0.417. The van der Waals surface area contributed by atoms with Crippen molar-refractivity contribution in [1.82, 2.24) is 4.98 Å². The zero-order chi connectivity index (χ0) is 11.8. The molecule has 0 saturated carbocycles. The van der Waals surface area contributed by atoms with Gasteiger partial charge in [0.25, 0.3) is 0 Å². The average Bonchev–Trinajstić information content (AvgIpc) is 2.28. The fourth-order valence-electron chi connectivity index (χ4n) is 1.23. The Balaban J connectivity index is 2.28. The number of esters is 1. The molecule has 0 saturated heterocycles. The molecule has 1 heterocycles. The predicted octanol–water partition coefficient (Wildman–Crippen LogP) is 1.88. The van der Waals surface area contributed by atoms with E-state index in [1.54, 1.807) is 18.5 Å². The van der Waals surface area contributed by atoms with E-state index in [0.29, 0.717) is 6.42 Å². The van der Waals surface area contributed by atoms with E-state index in [1.807, 2.05) is 13.0 Å². The van der Waals surface area contributed by atoms with Gasteiger partial charge in [-0.15, -0.1) is 0 Å². The van der Waals surface area contributed by atoms with Gasteiger partial charge in [0.15, 0.2) is 0 Å². The van der Waals surface area contributed by atoms with Crippen LogP contribution in [0.15, 0.2) is 24.5 Å². The molecule has 16 heavy (non-hydrogen) atoms. The molecule has 0 aliphatic rings. The molecular weight excluding hydrogens is 206 g/mol. The van der Waals surface area contributed by atoms with Crippen LogP contribution in [0.25, 0.3) is 0 Å². The van der Waals surface area contributed by atoms with E-state index in [9.17, 15) is 9.59 Å². The molecule has 0 aromatic carbocycles. The Hall–Kier alpha value is -1.71. The first-order chi connectivity index (χ1) is 7.72. The molecule has 86 valence electrons. The first-order valence-corrected chi connectivity index (χ1v) is 5.28. The van der Waals surface area contributed by atoms with Gasteiger partial charge in [0.2, 0.25) is 0 Å². The number of nitrogens with zero attached hydrogens (tertiary/aromatic N) is 1. The third-order valence-corrected chi connectivity index (χ3v) is 1.99. The second kappa shape index (κ2) is 6.71. The van der Waals surface area contributed by atoms with Crippen molar-refractivity contribution in [3.05, 3.63) is 30.1 Å². The standard InChI is InChI=1S/C12H15NO3/c1-2-4-11(14)7-12(15)16-9-10-5-3-6-13-8-10/h3,5-6,8H,2,4,7,9H2,1H3. The molecule has 0 N–H and O–H groups in total. The largest absolute Gasteiger partial charge is 0.460 e. The van der Waals surface area contributed by atoms with Crippen LogP contribution in [0.5, 0.6) is 0 Å². The molecule has 1 rings (SSSR count). The van der Waals surface area contributed by atoms with E-state index in [4.69, 9.17) is 4.74 Å². The zero-order valence-electron chi connectivity index (χ0n) is 9.31. The molecule has 0 bridgehead atoms. The summed E-state index contributed by atoms with van der Waals surface area (Å²) >= 11 is 0. The van der Waals surface area contributed by atoms with Gasteiger partial charge in [-0.1, -0.05) is 13.0 Å². The van der Waals surface area contributed by atoms with Gasteiger partial charge in [0.05, 0.1) is 0 Å². The van der Waals surface area contributed by atoms with E-state index in [-0.39, 0.29) is 18.8 Å². The van der Waals surface area contributed by atoms with Gasteiger partial charge in [0, 0.05) is 24.4 Å². The van der Waals surface area contributed by atoms with Gasteiger partial charge in [-0.05, 0) is 12.5 Å². The predicted molar refractivity (Wildman–Crippen MR) is 58.6 cm³/mol. The lowest BCUT2D eigenvalue weighted by Gasteiger charge is -2.03. The minimum absolute atomic E-state index is 0.0707.